The summed E-state index contributed by atoms with van der Waals surface area (Å²) >= 11 is 5.70. The van der Waals surface area contributed by atoms with Gasteiger partial charge in [-0.1, -0.05) is 11.6 Å². The highest BCUT2D eigenvalue weighted by atomic mass is 35.5. The Labute approximate surface area is 139 Å². The molecule has 0 saturated carbocycles. The Morgan fingerprint density at radius 1 is 1.35 bits per heavy atom. The van der Waals surface area contributed by atoms with Crippen LogP contribution in [0, 0.1) is 17.2 Å². The van der Waals surface area contributed by atoms with Crippen LogP contribution in [0.4, 0.5) is 0 Å². The minimum Gasteiger partial charge on any atom is -0.465 e. The molecular weight excluding hydrogens is 342 g/mol. The number of carbonyl (C=O) groups is 2. The average Bonchev–Trinajstić information content (AvgIpc) is 2.48. The minimum atomic E-state index is -4.16. The SMILES string of the molecule is CCOC(=O)[C@@H](/C=C(\C#N)S(=O)(=O)c1ccc(Cl)cc1)C(C)=O. The molecule has 0 aliphatic heterocycles. The van der Waals surface area contributed by atoms with Gasteiger partial charge >= 0.3 is 5.97 Å². The first-order chi connectivity index (χ1) is 10.7. The number of hydrogen-bond acceptors (Lipinski definition) is 6. The normalized spacial score (nSPS) is 13.0. The van der Waals surface area contributed by atoms with E-state index in [-0.39, 0.29) is 11.5 Å². The van der Waals surface area contributed by atoms with E-state index in [0.29, 0.717) is 5.02 Å². The van der Waals surface area contributed by atoms with Crippen molar-refractivity contribution in [3.63, 3.8) is 0 Å². The van der Waals surface area contributed by atoms with Gasteiger partial charge in [-0.05, 0) is 44.2 Å². The molecule has 0 spiro atoms. The molecule has 1 aromatic rings. The van der Waals surface area contributed by atoms with E-state index < -0.39 is 32.4 Å². The van der Waals surface area contributed by atoms with Gasteiger partial charge in [0, 0.05) is 5.02 Å². The number of esters is 1. The van der Waals surface area contributed by atoms with Crippen molar-refractivity contribution in [1.29, 1.82) is 5.26 Å². The molecule has 1 rings (SSSR count). The van der Waals surface area contributed by atoms with Crippen LogP contribution in [0.2, 0.25) is 5.02 Å². The smallest absolute Gasteiger partial charge is 0.320 e. The molecule has 0 aliphatic carbocycles. The van der Waals surface area contributed by atoms with E-state index in [0.717, 1.165) is 13.0 Å². The monoisotopic (exact) mass is 355 g/mol. The molecule has 23 heavy (non-hydrogen) atoms. The second-order valence-corrected chi connectivity index (χ2v) is 6.79. The number of benzene rings is 1. The van der Waals surface area contributed by atoms with E-state index >= 15 is 0 Å². The fourth-order valence-corrected chi connectivity index (χ4v) is 2.97. The maximum Gasteiger partial charge on any atom is 0.320 e. The predicted molar refractivity (Wildman–Crippen MR) is 83.1 cm³/mol. The quantitative estimate of drug-likeness (QED) is 0.440. The average molecular weight is 356 g/mol. The van der Waals surface area contributed by atoms with Crippen LogP contribution < -0.4 is 0 Å². The maximum absolute atomic E-state index is 12.4. The van der Waals surface area contributed by atoms with Crippen LogP contribution in [0.25, 0.3) is 0 Å². The lowest BCUT2D eigenvalue weighted by molar-refractivity contribution is -0.149. The summed E-state index contributed by atoms with van der Waals surface area (Å²) in [7, 11) is -4.16. The van der Waals surface area contributed by atoms with Gasteiger partial charge in [0.15, 0.2) is 0 Å². The van der Waals surface area contributed by atoms with Gasteiger partial charge < -0.3 is 4.74 Å². The molecule has 0 fully saturated rings. The second-order valence-electron chi connectivity index (χ2n) is 4.44. The minimum absolute atomic E-state index is 0.0300. The Morgan fingerprint density at radius 3 is 2.35 bits per heavy atom. The van der Waals surface area contributed by atoms with Gasteiger partial charge in [0.1, 0.15) is 22.7 Å². The fraction of sp³-hybridized carbons (Fsp3) is 0.267. The molecule has 1 aromatic carbocycles. The third kappa shape index (κ3) is 4.65. The zero-order valence-electron chi connectivity index (χ0n) is 12.4. The topological polar surface area (TPSA) is 101 Å². The first-order valence-corrected chi connectivity index (χ1v) is 8.39. The molecular formula is C15H14ClNO5S. The lowest BCUT2D eigenvalue weighted by Crippen LogP contribution is -2.23. The summed E-state index contributed by atoms with van der Waals surface area (Å²) in [6.45, 7) is 2.69. The molecule has 0 unspecified atom stereocenters. The molecule has 6 nitrogen and oxygen atoms in total. The predicted octanol–water partition coefficient (Wildman–Crippen LogP) is 2.29. The van der Waals surface area contributed by atoms with Crippen molar-refractivity contribution in [2.75, 3.05) is 6.61 Å². The van der Waals surface area contributed by atoms with E-state index in [2.05, 4.69) is 0 Å². The lowest BCUT2D eigenvalue weighted by Gasteiger charge is -2.09. The first-order valence-electron chi connectivity index (χ1n) is 6.53. The molecule has 0 radical (unpaired) electrons. The zero-order chi connectivity index (χ0) is 17.6. The van der Waals surface area contributed by atoms with Crippen LogP contribution in [0.15, 0.2) is 40.1 Å². The van der Waals surface area contributed by atoms with Crippen molar-refractivity contribution < 1.29 is 22.7 Å². The lowest BCUT2D eigenvalue weighted by atomic mass is 10.1. The molecule has 1 atom stereocenters. The van der Waals surface area contributed by atoms with Crippen molar-refractivity contribution in [2.24, 2.45) is 5.92 Å². The summed E-state index contributed by atoms with van der Waals surface area (Å²) in [6, 6.07) is 6.70. The van der Waals surface area contributed by atoms with Crippen molar-refractivity contribution in [2.45, 2.75) is 18.7 Å². The summed E-state index contributed by atoms with van der Waals surface area (Å²) in [5, 5.41) is 9.47. The number of allylic oxidation sites excluding steroid dienone is 1. The maximum atomic E-state index is 12.4. The summed E-state index contributed by atoms with van der Waals surface area (Å²) in [5.41, 5.74) is 0. The molecule has 0 aliphatic rings. The number of nitriles is 1. The molecule has 8 heteroatoms. The van der Waals surface area contributed by atoms with Gasteiger partial charge in [0.25, 0.3) is 0 Å². The van der Waals surface area contributed by atoms with Gasteiger partial charge in [0.05, 0.1) is 11.5 Å². The molecule has 122 valence electrons. The third-order valence-electron chi connectivity index (χ3n) is 2.82. The molecule has 0 amide bonds. The molecule has 0 saturated heterocycles. The summed E-state index contributed by atoms with van der Waals surface area (Å²) in [5.74, 6) is -2.98. The number of ketones is 1. The highest BCUT2D eigenvalue weighted by molar-refractivity contribution is 7.95. The van der Waals surface area contributed by atoms with Crippen molar-refractivity contribution in [3.8, 4) is 6.07 Å². The van der Waals surface area contributed by atoms with Gasteiger partial charge in [-0.25, -0.2) is 8.42 Å². The number of carbonyl (C=O) groups excluding carboxylic acids is 2. The van der Waals surface area contributed by atoms with E-state index in [1.165, 1.54) is 30.3 Å². The first kappa shape index (κ1) is 18.9. The van der Waals surface area contributed by atoms with Crippen LogP contribution in [0.5, 0.6) is 0 Å². The number of sulfone groups is 1. The van der Waals surface area contributed by atoms with E-state index in [9.17, 15) is 18.0 Å². The van der Waals surface area contributed by atoms with Crippen LogP contribution in [0.3, 0.4) is 0 Å². The highest BCUT2D eigenvalue weighted by Crippen LogP contribution is 2.22. The van der Waals surface area contributed by atoms with Crippen LogP contribution in [-0.4, -0.2) is 26.8 Å². The Bertz CT molecular complexity index is 775. The number of nitrogens with zero attached hydrogens (tertiary/aromatic N) is 1. The van der Waals surface area contributed by atoms with Crippen molar-refractivity contribution in [3.05, 3.63) is 40.3 Å². The van der Waals surface area contributed by atoms with Crippen molar-refractivity contribution in [1.82, 2.24) is 0 Å². The summed E-state index contributed by atoms with van der Waals surface area (Å²) in [6.07, 6.45) is 0.810. The fourth-order valence-electron chi connectivity index (χ4n) is 1.66. The number of Topliss-reactive ketones (excluding diaryl/α,β-unsaturated/α-hetero) is 1. The van der Waals surface area contributed by atoms with Crippen LogP contribution in [0.1, 0.15) is 13.8 Å². The van der Waals surface area contributed by atoms with E-state index in [4.69, 9.17) is 21.6 Å². The Balaban J connectivity index is 3.34. The van der Waals surface area contributed by atoms with Gasteiger partial charge in [-0.15, -0.1) is 0 Å². The Morgan fingerprint density at radius 2 is 1.91 bits per heavy atom. The second kappa shape index (κ2) is 7.90. The Kier molecular flexibility index (Phi) is 6.49. The molecule has 0 N–H and O–H groups in total. The van der Waals surface area contributed by atoms with Gasteiger partial charge in [-0.2, -0.15) is 5.26 Å². The number of ether oxygens (including phenoxy) is 1. The number of rotatable bonds is 6. The highest BCUT2D eigenvalue weighted by Gasteiger charge is 2.28. The zero-order valence-corrected chi connectivity index (χ0v) is 14.0. The summed E-state index contributed by atoms with van der Waals surface area (Å²) in [4.78, 5) is 22.4. The largest absolute Gasteiger partial charge is 0.465 e. The van der Waals surface area contributed by atoms with E-state index in [1.807, 2.05) is 0 Å². The molecule has 0 heterocycles. The van der Waals surface area contributed by atoms with E-state index in [1.54, 1.807) is 6.92 Å². The Hall–Kier alpha value is -2.17. The van der Waals surface area contributed by atoms with Crippen LogP contribution in [-0.2, 0) is 24.2 Å². The van der Waals surface area contributed by atoms with Gasteiger partial charge in [0.2, 0.25) is 9.84 Å². The molecule has 0 bridgehead atoms. The summed E-state index contributed by atoms with van der Waals surface area (Å²) < 4.78 is 29.6. The molecule has 0 aromatic heterocycles. The third-order valence-corrected chi connectivity index (χ3v) is 4.77. The number of halogens is 1. The van der Waals surface area contributed by atoms with Crippen molar-refractivity contribution >= 4 is 33.2 Å². The standard InChI is InChI=1S/C15H14ClNO5S/c1-3-22-15(19)14(10(2)18)8-13(9-17)23(20,21)12-6-4-11(16)5-7-12/h4-8,14H,3H2,1-2H3/b13-8+/t14-/m0/s1. The number of hydrogen-bond donors (Lipinski definition) is 0. The van der Waals surface area contributed by atoms with Crippen LogP contribution >= 0.6 is 11.6 Å². The van der Waals surface area contributed by atoms with Gasteiger partial charge in [-0.3, -0.25) is 9.59 Å².